The molecule has 0 saturated carbocycles. The highest BCUT2D eigenvalue weighted by Crippen LogP contribution is 2.28. The number of hydrogen-bond acceptors (Lipinski definition) is 8. The Kier molecular flexibility index (Phi) is 10.3. The molecule has 208 valence electrons. The molecular formula is C27H33N5O7. The Labute approximate surface area is 226 Å². The van der Waals surface area contributed by atoms with E-state index in [1.165, 1.54) is 25.3 Å². The van der Waals surface area contributed by atoms with Gasteiger partial charge in [-0.3, -0.25) is 14.4 Å². The largest absolute Gasteiger partial charge is 0.508 e. The zero-order valence-electron chi connectivity index (χ0n) is 22.5. The number of methoxy groups -OCH3 is 1. The number of ether oxygens (including phenoxy) is 2. The van der Waals surface area contributed by atoms with Gasteiger partial charge >= 0.3 is 6.09 Å². The minimum absolute atomic E-state index is 0.0376. The zero-order chi connectivity index (χ0) is 29.3. The summed E-state index contributed by atoms with van der Waals surface area (Å²) in [6.07, 6.45) is -1.60. The molecule has 12 heteroatoms. The number of carbonyl (C=O) groups is 4. The van der Waals surface area contributed by atoms with Gasteiger partial charge in [-0.2, -0.15) is 5.26 Å². The summed E-state index contributed by atoms with van der Waals surface area (Å²) in [5.74, 6) is -1.99. The summed E-state index contributed by atoms with van der Waals surface area (Å²) in [6.45, 7) is 5.88. The second kappa shape index (κ2) is 13.1. The maximum absolute atomic E-state index is 13.7. The lowest BCUT2D eigenvalue weighted by Crippen LogP contribution is -2.53. The lowest BCUT2D eigenvalue weighted by Gasteiger charge is -2.32. The molecule has 2 atom stereocenters. The van der Waals surface area contributed by atoms with Crippen molar-refractivity contribution in [3.8, 4) is 17.6 Å². The average molecular weight is 540 g/mol. The molecule has 0 spiro atoms. The molecule has 39 heavy (non-hydrogen) atoms. The van der Waals surface area contributed by atoms with Crippen LogP contribution < -0.4 is 21.1 Å². The van der Waals surface area contributed by atoms with E-state index in [0.29, 0.717) is 17.0 Å². The Bertz CT molecular complexity index is 1250. The van der Waals surface area contributed by atoms with Crippen molar-refractivity contribution < 1.29 is 33.8 Å². The van der Waals surface area contributed by atoms with Gasteiger partial charge in [-0.05, 0) is 75.2 Å². The number of phenols is 1. The number of anilines is 1. The molecule has 0 aliphatic rings. The van der Waals surface area contributed by atoms with E-state index in [1.807, 2.05) is 6.07 Å². The highest BCUT2D eigenvalue weighted by atomic mass is 16.6. The lowest BCUT2D eigenvalue weighted by molar-refractivity contribution is -0.141. The molecule has 2 rings (SSSR count). The number of nitrogens with one attached hydrogen (secondary N) is 2. The maximum atomic E-state index is 13.7. The summed E-state index contributed by atoms with van der Waals surface area (Å²) in [4.78, 5) is 52.5. The van der Waals surface area contributed by atoms with Crippen LogP contribution in [0.15, 0.2) is 42.5 Å². The number of rotatable bonds is 10. The molecule has 2 unspecified atom stereocenters. The zero-order valence-corrected chi connectivity index (χ0v) is 22.5. The van der Waals surface area contributed by atoms with Crippen molar-refractivity contribution in [2.45, 2.75) is 51.8 Å². The third kappa shape index (κ3) is 8.92. The van der Waals surface area contributed by atoms with E-state index >= 15 is 0 Å². The van der Waals surface area contributed by atoms with Crippen LogP contribution in [0.2, 0.25) is 0 Å². The highest BCUT2D eigenvalue weighted by Gasteiger charge is 2.37. The summed E-state index contributed by atoms with van der Waals surface area (Å²) in [5.41, 5.74) is 5.50. The number of benzene rings is 2. The Hall–Kier alpha value is -4.79. The van der Waals surface area contributed by atoms with Crippen molar-refractivity contribution in [3.05, 3.63) is 53.6 Å². The third-order valence-electron chi connectivity index (χ3n) is 5.37. The molecule has 5 N–H and O–H groups in total. The summed E-state index contributed by atoms with van der Waals surface area (Å²) in [6, 6.07) is 9.65. The summed E-state index contributed by atoms with van der Waals surface area (Å²) < 4.78 is 10.3. The van der Waals surface area contributed by atoms with E-state index in [2.05, 4.69) is 10.6 Å². The first-order valence-electron chi connectivity index (χ1n) is 12.0. The van der Waals surface area contributed by atoms with Crippen LogP contribution in [0.25, 0.3) is 0 Å². The minimum atomic E-state index is -1.53. The van der Waals surface area contributed by atoms with E-state index in [9.17, 15) is 29.5 Å². The number of alkyl carbamates (subject to hydrolysis) is 1. The number of aromatic hydroxyl groups is 1. The van der Waals surface area contributed by atoms with E-state index in [-0.39, 0.29) is 11.3 Å². The van der Waals surface area contributed by atoms with Crippen LogP contribution in [0.3, 0.4) is 0 Å². The molecule has 2 aromatic carbocycles. The molecule has 0 radical (unpaired) electrons. The SMILES string of the molecule is COc1ccc(NC(=O)C(c2ccc(O)c(C)c2)N(CC#N)C(=O)C(CC(N)=O)NC(=O)OC(C)(C)C)cc1. The number of primary amides is 1. The van der Waals surface area contributed by atoms with Gasteiger partial charge in [0.2, 0.25) is 11.8 Å². The molecular weight excluding hydrogens is 506 g/mol. The third-order valence-corrected chi connectivity index (χ3v) is 5.37. The molecule has 0 aliphatic carbocycles. The van der Waals surface area contributed by atoms with Gasteiger partial charge in [0, 0.05) is 5.69 Å². The number of hydrogen-bond donors (Lipinski definition) is 4. The highest BCUT2D eigenvalue weighted by molar-refractivity contribution is 6.00. The van der Waals surface area contributed by atoms with E-state index in [0.717, 1.165) is 4.90 Å². The Morgan fingerprint density at radius 3 is 2.28 bits per heavy atom. The van der Waals surface area contributed by atoms with Gasteiger partial charge in [0.1, 0.15) is 35.7 Å². The molecule has 4 amide bonds. The number of nitrogens with two attached hydrogens (primary N) is 1. The average Bonchev–Trinajstić information content (AvgIpc) is 2.84. The molecule has 0 saturated heterocycles. The van der Waals surface area contributed by atoms with Crippen molar-refractivity contribution in [2.75, 3.05) is 19.0 Å². The first kappa shape index (κ1) is 30.4. The van der Waals surface area contributed by atoms with Gasteiger partial charge < -0.3 is 35.8 Å². The predicted octanol–water partition coefficient (Wildman–Crippen LogP) is 2.51. The second-order valence-electron chi connectivity index (χ2n) is 9.66. The molecule has 2 aromatic rings. The first-order chi connectivity index (χ1) is 18.2. The number of phenolic OH excluding ortho intramolecular Hbond substituents is 1. The van der Waals surface area contributed by atoms with Crippen LogP contribution in [0.1, 0.15) is 44.4 Å². The smallest absolute Gasteiger partial charge is 0.408 e. The van der Waals surface area contributed by atoms with Crippen LogP contribution in [0, 0.1) is 18.3 Å². The quantitative estimate of drug-likeness (QED) is 0.332. The summed E-state index contributed by atoms with van der Waals surface area (Å²) in [5, 5.41) is 24.6. The lowest BCUT2D eigenvalue weighted by atomic mass is 9.99. The Balaban J connectivity index is 2.53. The fourth-order valence-electron chi connectivity index (χ4n) is 3.63. The normalized spacial score (nSPS) is 12.3. The molecule has 0 fully saturated rings. The second-order valence-corrected chi connectivity index (χ2v) is 9.66. The number of carbonyl (C=O) groups excluding carboxylic acids is 4. The Morgan fingerprint density at radius 2 is 1.77 bits per heavy atom. The van der Waals surface area contributed by atoms with Crippen molar-refractivity contribution in [2.24, 2.45) is 5.73 Å². The van der Waals surface area contributed by atoms with Gasteiger partial charge in [0.25, 0.3) is 5.91 Å². The first-order valence-corrected chi connectivity index (χ1v) is 12.0. The van der Waals surface area contributed by atoms with Crippen molar-refractivity contribution in [3.63, 3.8) is 0 Å². The van der Waals surface area contributed by atoms with E-state index < -0.39 is 54.5 Å². The molecule has 0 heterocycles. The molecule has 0 bridgehead atoms. The monoisotopic (exact) mass is 539 g/mol. The van der Waals surface area contributed by atoms with Crippen LogP contribution in [-0.4, -0.2) is 59.1 Å². The van der Waals surface area contributed by atoms with Crippen molar-refractivity contribution >= 4 is 29.5 Å². The predicted molar refractivity (Wildman–Crippen MR) is 142 cm³/mol. The number of amides is 4. The van der Waals surface area contributed by atoms with Gasteiger partial charge in [-0.25, -0.2) is 4.79 Å². The summed E-state index contributed by atoms with van der Waals surface area (Å²) >= 11 is 0. The standard InChI is InChI=1S/C27H33N5O7/c1-16-14-17(6-11-21(16)33)23(24(35)30-18-7-9-19(38-5)10-8-18)32(13-12-28)25(36)20(15-22(29)34)31-26(37)39-27(2,3)4/h6-11,14,20,23,33H,13,15H2,1-5H3,(H2,29,34)(H,30,35)(H,31,37). The van der Waals surface area contributed by atoms with Gasteiger partial charge in [-0.15, -0.1) is 0 Å². The summed E-state index contributed by atoms with van der Waals surface area (Å²) in [7, 11) is 1.50. The van der Waals surface area contributed by atoms with Crippen LogP contribution in [-0.2, 0) is 19.1 Å². The van der Waals surface area contributed by atoms with E-state index in [1.54, 1.807) is 52.0 Å². The minimum Gasteiger partial charge on any atom is -0.508 e. The molecule has 0 aliphatic heterocycles. The maximum Gasteiger partial charge on any atom is 0.408 e. The van der Waals surface area contributed by atoms with Crippen molar-refractivity contribution in [1.29, 1.82) is 5.26 Å². The van der Waals surface area contributed by atoms with Gasteiger partial charge in [0.15, 0.2) is 0 Å². The van der Waals surface area contributed by atoms with Crippen LogP contribution in [0.5, 0.6) is 11.5 Å². The number of nitriles is 1. The number of aryl methyl sites for hydroxylation is 1. The van der Waals surface area contributed by atoms with Gasteiger partial charge in [-0.1, -0.05) is 6.07 Å². The molecule has 12 nitrogen and oxygen atoms in total. The van der Waals surface area contributed by atoms with Gasteiger partial charge in [0.05, 0.1) is 19.6 Å². The van der Waals surface area contributed by atoms with Crippen molar-refractivity contribution in [1.82, 2.24) is 10.2 Å². The fraction of sp³-hybridized carbons (Fsp3) is 0.370. The van der Waals surface area contributed by atoms with E-state index in [4.69, 9.17) is 15.2 Å². The fourth-order valence-corrected chi connectivity index (χ4v) is 3.63. The topological polar surface area (TPSA) is 184 Å². The van der Waals surface area contributed by atoms with Crippen LogP contribution >= 0.6 is 0 Å². The number of nitrogens with zero attached hydrogens (tertiary/aromatic N) is 2. The molecule has 0 aromatic heterocycles. The van der Waals surface area contributed by atoms with Crippen LogP contribution in [0.4, 0.5) is 10.5 Å². The Morgan fingerprint density at radius 1 is 1.13 bits per heavy atom.